The molecule has 1 aromatic carbocycles. The topological polar surface area (TPSA) is 9.23 Å². The lowest BCUT2D eigenvalue weighted by atomic mass is 10.1. The van der Waals surface area contributed by atoms with Crippen molar-refractivity contribution in [1.29, 1.82) is 0 Å². The number of hydrogen-bond donors (Lipinski definition) is 0. The first kappa shape index (κ1) is 11.2. The summed E-state index contributed by atoms with van der Waals surface area (Å²) in [6.07, 6.45) is 2.20. The highest BCUT2D eigenvalue weighted by Crippen LogP contribution is 2.04. The summed E-state index contributed by atoms with van der Waals surface area (Å²) in [4.78, 5) is 0. The summed E-state index contributed by atoms with van der Waals surface area (Å²) < 4.78 is 18.1. The zero-order chi connectivity index (χ0) is 10.4. The summed E-state index contributed by atoms with van der Waals surface area (Å²) in [6, 6.07) is 6.57. The molecule has 0 saturated carbocycles. The molecule has 0 saturated heterocycles. The monoisotopic (exact) mass is 196 g/mol. The fourth-order valence-electron chi connectivity index (χ4n) is 1.15. The number of rotatable bonds is 5. The highest BCUT2D eigenvalue weighted by atomic mass is 19.1. The Bertz CT molecular complexity index is 256. The van der Waals surface area contributed by atoms with E-state index >= 15 is 0 Å². The smallest absolute Gasteiger partial charge is 0.123 e. The van der Waals surface area contributed by atoms with Crippen molar-refractivity contribution in [3.05, 3.63) is 35.6 Å². The second kappa shape index (κ2) is 5.76. The lowest BCUT2D eigenvalue weighted by Crippen LogP contribution is -2.09. The first-order chi connectivity index (χ1) is 6.72. The highest BCUT2D eigenvalue weighted by molar-refractivity contribution is 5.15. The molecular weight excluding hydrogens is 179 g/mol. The molecule has 0 amide bonds. The van der Waals surface area contributed by atoms with Crippen LogP contribution in [0.15, 0.2) is 24.3 Å². The molecule has 0 spiro atoms. The van der Waals surface area contributed by atoms with E-state index < -0.39 is 0 Å². The first-order valence-corrected chi connectivity index (χ1v) is 5.08. The van der Waals surface area contributed by atoms with Crippen molar-refractivity contribution in [3.63, 3.8) is 0 Å². The molecule has 0 N–H and O–H groups in total. The molecule has 1 rings (SSSR count). The minimum atomic E-state index is -0.184. The SMILES string of the molecule is CCC(C)OCCc1ccc(F)cc1. The zero-order valence-electron chi connectivity index (χ0n) is 8.79. The van der Waals surface area contributed by atoms with Crippen LogP contribution in [0.3, 0.4) is 0 Å². The van der Waals surface area contributed by atoms with Gasteiger partial charge in [-0.15, -0.1) is 0 Å². The Morgan fingerprint density at radius 3 is 2.50 bits per heavy atom. The van der Waals surface area contributed by atoms with E-state index in [9.17, 15) is 4.39 Å². The summed E-state index contributed by atoms with van der Waals surface area (Å²) in [7, 11) is 0. The maximum Gasteiger partial charge on any atom is 0.123 e. The van der Waals surface area contributed by atoms with Crippen LogP contribution in [0.4, 0.5) is 4.39 Å². The van der Waals surface area contributed by atoms with Crippen molar-refractivity contribution < 1.29 is 9.13 Å². The van der Waals surface area contributed by atoms with Crippen molar-refractivity contribution >= 4 is 0 Å². The van der Waals surface area contributed by atoms with Gasteiger partial charge in [-0.2, -0.15) is 0 Å². The van der Waals surface area contributed by atoms with Crippen LogP contribution < -0.4 is 0 Å². The Kier molecular flexibility index (Phi) is 4.60. The molecular formula is C12H17FO. The van der Waals surface area contributed by atoms with E-state index in [1.807, 2.05) is 0 Å². The Hall–Kier alpha value is -0.890. The average molecular weight is 196 g/mol. The summed E-state index contributed by atoms with van der Waals surface area (Å²) in [6.45, 7) is 4.87. The van der Waals surface area contributed by atoms with Gasteiger partial charge in [0.05, 0.1) is 12.7 Å². The first-order valence-electron chi connectivity index (χ1n) is 5.08. The van der Waals surface area contributed by atoms with E-state index in [0.29, 0.717) is 12.7 Å². The Morgan fingerprint density at radius 1 is 1.29 bits per heavy atom. The Labute approximate surface area is 84.9 Å². The van der Waals surface area contributed by atoms with Gasteiger partial charge in [-0.3, -0.25) is 0 Å². The molecule has 0 heterocycles. The molecule has 0 aromatic heterocycles. The normalized spacial score (nSPS) is 12.8. The van der Waals surface area contributed by atoms with E-state index in [-0.39, 0.29) is 5.82 Å². The van der Waals surface area contributed by atoms with Crippen LogP contribution in [0, 0.1) is 5.82 Å². The summed E-state index contributed by atoms with van der Waals surface area (Å²) in [5, 5.41) is 0. The minimum absolute atomic E-state index is 0.184. The Balaban J connectivity index is 2.28. The summed E-state index contributed by atoms with van der Waals surface area (Å²) >= 11 is 0. The summed E-state index contributed by atoms with van der Waals surface area (Å²) in [5.41, 5.74) is 1.12. The van der Waals surface area contributed by atoms with Gasteiger partial charge in [-0.25, -0.2) is 4.39 Å². The van der Waals surface area contributed by atoms with Crippen LogP contribution in [0.1, 0.15) is 25.8 Å². The maximum atomic E-state index is 12.6. The molecule has 0 aliphatic carbocycles. The standard InChI is InChI=1S/C12H17FO/c1-3-10(2)14-9-8-11-4-6-12(13)7-5-11/h4-7,10H,3,8-9H2,1-2H3. The summed E-state index contributed by atoms with van der Waals surface area (Å²) in [5.74, 6) is -0.184. The van der Waals surface area contributed by atoms with Crippen LogP contribution in [-0.2, 0) is 11.2 Å². The van der Waals surface area contributed by atoms with E-state index in [1.165, 1.54) is 12.1 Å². The van der Waals surface area contributed by atoms with E-state index in [0.717, 1.165) is 18.4 Å². The number of ether oxygens (including phenoxy) is 1. The lowest BCUT2D eigenvalue weighted by molar-refractivity contribution is 0.0659. The number of hydrogen-bond acceptors (Lipinski definition) is 1. The van der Waals surface area contributed by atoms with Crippen molar-refractivity contribution in [2.24, 2.45) is 0 Å². The largest absolute Gasteiger partial charge is 0.378 e. The quantitative estimate of drug-likeness (QED) is 0.702. The molecule has 1 atom stereocenters. The zero-order valence-corrected chi connectivity index (χ0v) is 8.79. The fraction of sp³-hybridized carbons (Fsp3) is 0.500. The molecule has 78 valence electrons. The third kappa shape index (κ3) is 3.88. The second-order valence-electron chi connectivity index (χ2n) is 3.47. The molecule has 1 aromatic rings. The van der Waals surface area contributed by atoms with E-state index in [4.69, 9.17) is 4.74 Å². The molecule has 0 radical (unpaired) electrons. The molecule has 1 nitrogen and oxygen atoms in total. The molecule has 0 aliphatic rings. The van der Waals surface area contributed by atoms with Gasteiger partial charge >= 0.3 is 0 Å². The molecule has 0 bridgehead atoms. The van der Waals surface area contributed by atoms with Crippen LogP contribution in [0.2, 0.25) is 0 Å². The van der Waals surface area contributed by atoms with Gasteiger partial charge in [-0.1, -0.05) is 19.1 Å². The third-order valence-corrected chi connectivity index (χ3v) is 2.28. The van der Waals surface area contributed by atoms with Crippen molar-refractivity contribution in [3.8, 4) is 0 Å². The van der Waals surface area contributed by atoms with Crippen molar-refractivity contribution in [2.45, 2.75) is 32.8 Å². The van der Waals surface area contributed by atoms with Gasteiger partial charge in [0, 0.05) is 0 Å². The molecule has 1 unspecified atom stereocenters. The van der Waals surface area contributed by atoms with Crippen molar-refractivity contribution in [2.75, 3.05) is 6.61 Å². The van der Waals surface area contributed by atoms with Crippen LogP contribution in [0.5, 0.6) is 0 Å². The predicted molar refractivity (Wildman–Crippen MR) is 55.8 cm³/mol. The van der Waals surface area contributed by atoms with Gasteiger partial charge in [0.25, 0.3) is 0 Å². The van der Waals surface area contributed by atoms with Crippen LogP contribution in [-0.4, -0.2) is 12.7 Å². The van der Waals surface area contributed by atoms with Crippen LogP contribution >= 0.6 is 0 Å². The molecule has 0 fully saturated rings. The van der Waals surface area contributed by atoms with Gasteiger partial charge in [0.1, 0.15) is 5.82 Å². The number of halogens is 1. The second-order valence-corrected chi connectivity index (χ2v) is 3.47. The van der Waals surface area contributed by atoms with E-state index in [1.54, 1.807) is 12.1 Å². The molecule has 0 aliphatic heterocycles. The Morgan fingerprint density at radius 2 is 1.93 bits per heavy atom. The molecule has 14 heavy (non-hydrogen) atoms. The average Bonchev–Trinajstić information content (AvgIpc) is 2.21. The highest BCUT2D eigenvalue weighted by Gasteiger charge is 1.98. The fourth-order valence-corrected chi connectivity index (χ4v) is 1.15. The third-order valence-electron chi connectivity index (χ3n) is 2.28. The van der Waals surface area contributed by atoms with Gasteiger partial charge in [0.15, 0.2) is 0 Å². The number of benzene rings is 1. The van der Waals surface area contributed by atoms with Gasteiger partial charge in [-0.05, 0) is 37.5 Å². The maximum absolute atomic E-state index is 12.6. The molecule has 2 heteroatoms. The van der Waals surface area contributed by atoms with Crippen LogP contribution in [0.25, 0.3) is 0 Å². The van der Waals surface area contributed by atoms with Gasteiger partial charge in [0.2, 0.25) is 0 Å². The predicted octanol–water partition coefficient (Wildman–Crippen LogP) is 3.18. The van der Waals surface area contributed by atoms with E-state index in [2.05, 4.69) is 13.8 Å². The lowest BCUT2D eigenvalue weighted by Gasteiger charge is -2.09. The van der Waals surface area contributed by atoms with Gasteiger partial charge < -0.3 is 4.74 Å². The minimum Gasteiger partial charge on any atom is -0.378 e. The van der Waals surface area contributed by atoms with Crippen molar-refractivity contribution in [1.82, 2.24) is 0 Å².